The average molecular weight is 276 g/mol. The fraction of sp³-hybridized carbons (Fsp3) is 0.111. The molecule has 3 heteroatoms. The van der Waals surface area contributed by atoms with E-state index in [2.05, 4.69) is 4.98 Å². The van der Waals surface area contributed by atoms with Crippen molar-refractivity contribution in [3.05, 3.63) is 77.3 Å². The minimum atomic E-state index is -0.0354. The van der Waals surface area contributed by atoms with Gasteiger partial charge in [0, 0.05) is 6.20 Å². The normalized spacial score (nSPS) is 11.3. The molecule has 0 unspecified atom stereocenters. The lowest BCUT2D eigenvalue weighted by molar-refractivity contribution is 0.104. The van der Waals surface area contributed by atoms with E-state index >= 15 is 0 Å². The Kier molecular flexibility index (Phi) is 3.40. The van der Waals surface area contributed by atoms with Gasteiger partial charge in [0.2, 0.25) is 5.78 Å². The molecule has 3 aromatic rings. The van der Waals surface area contributed by atoms with Crippen LogP contribution in [0.3, 0.4) is 0 Å². The van der Waals surface area contributed by atoms with Gasteiger partial charge in [0.05, 0.1) is 5.69 Å². The number of pyridine rings is 1. The number of nitrogens with zero attached hydrogens (tertiary/aromatic N) is 2. The lowest BCUT2D eigenvalue weighted by Gasteiger charge is -1.99. The minimum absolute atomic E-state index is 0.0354. The van der Waals surface area contributed by atoms with E-state index in [1.165, 1.54) is 5.56 Å². The fourth-order valence-corrected chi connectivity index (χ4v) is 2.34. The summed E-state index contributed by atoms with van der Waals surface area (Å²) in [5.41, 5.74) is 4.38. The van der Waals surface area contributed by atoms with E-state index in [0.29, 0.717) is 5.69 Å². The summed E-state index contributed by atoms with van der Waals surface area (Å²) in [7, 11) is 0. The van der Waals surface area contributed by atoms with Crippen LogP contribution < -0.4 is 0 Å². The number of fused-ring (bicyclic) bond motifs is 1. The molecule has 1 aromatic carbocycles. The lowest BCUT2D eigenvalue weighted by atomic mass is 10.1. The topological polar surface area (TPSA) is 34.4 Å². The molecule has 0 aliphatic carbocycles. The maximum atomic E-state index is 12.4. The summed E-state index contributed by atoms with van der Waals surface area (Å²) in [6.45, 7) is 3.90. The second-order valence-corrected chi connectivity index (χ2v) is 5.08. The summed E-state index contributed by atoms with van der Waals surface area (Å²) in [5.74, 6) is -0.0354. The SMILES string of the molecule is Cc1ccc(C=CC(=O)c2c(C)nc3ccccn23)cc1. The van der Waals surface area contributed by atoms with Gasteiger partial charge in [-0.1, -0.05) is 42.0 Å². The first-order chi connectivity index (χ1) is 10.1. The molecule has 0 saturated carbocycles. The summed E-state index contributed by atoms with van der Waals surface area (Å²) >= 11 is 0. The molecule has 0 amide bonds. The Morgan fingerprint density at radius 2 is 1.86 bits per heavy atom. The first-order valence-corrected chi connectivity index (χ1v) is 6.88. The predicted octanol–water partition coefficient (Wildman–Crippen LogP) is 3.85. The van der Waals surface area contributed by atoms with Crippen LogP contribution in [0.25, 0.3) is 11.7 Å². The average Bonchev–Trinajstić information content (AvgIpc) is 2.82. The molecular formula is C18H16N2O. The standard InChI is InChI=1S/C18H16N2O/c1-13-6-8-15(9-7-13)10-11-16(21)18-14(2)19-17-5-3-4-12-20(17)18/h3-12H,1-2H3. The van der Waals surface area contributed by atoms with Crippen molar-refractivity contribution in [2.45, 2.75) is 13.8 Å². The Balaban J connectivity index is 1.94. The largest absolute Gasteiger partial charge is 0.297 e. The van der Waals surface area contributed by atoms with Crippen molar-refractivity contribution in [2.75, 3.05) is 0 Å². The Bertz CT molecular complexity index is 826. The molecule has 0 aliphatic rings. The van der Waals surface area contributed by atoms with Crippen molar-refractivity contribution in [2.24, 2.45) is 0 Å². The number of hydrogen-bond acceptors (Lipinski definition) is 2. The quantitative estimate of drug-likeness (QED) is 0.538. The third-order valence-electron chi connectivity index (χ3n) is 3.44. The number of hydrogen-bond donors (Lipinski definition) is 0. The van der Waals surface area contributed by atoms with Crippen molar-refractivity contribution < 1.29 is 4.79 Å². The number of carbonyl (C=O) groups is 1. The molecule has 2 aromatic heterocycles. The van der Waals surface area contributed by atoms with Crippen LogP contribution in [0.1, 0.15) is 27.3 Å². The van der Waals surface area contributed by atoms with E-state index in [1.807, 2.05) is 73.0 Å². The van der Waals surface area contributed by atoms with Crippen LogP contribution >= 0.6 is 0 Å². The van der Waals surface area contributed by atoms with Crippen LogP contribution in [0.4, 0.5) is 0 Å². The van der Waals surface area contributed by atoms with Gasteiger partial charge in [-0.25, -0.2) is 4.98 Å². The van der Waals surface area contributed by atoms with Gasteiger partial charge in [-0.05, 0) is 37.6 Å². The van der Waals surface area contributed by atoms with Gasteiger partial charge in [-0.3, -0.25) is 9.20 Å². The minimum Gasteiger partial charge on any atom is -0.297 e. The van der Waals surface area contributed by atoms with Gasteiger partial charge >= 0.3 is 0 Å². The lowest BCUT2D eigenvalue weighted by Crippen LogP contribution is -2.01. The van der Waals surface area contributed by atoms with Crippen molar-refractivity contribution in [3.8, 4) is 0 Å². The number of aromatic nitrogens is 2. The molecule has 2 heterocycles. The summed E-state index contributed by atoms with van der Waals surface area (Å²) < 4.78 is 1.83. The molecule has 0 saturated heterocycles. The van der Waals surface area contributed by atoms with Crippen LogP contribution in [0.2, 0.25) is 0 Å². The van der Waals surface area contributed by atoms with Crippen molar-refractivity contribution in [1.29, 1.82) is 0 Å². The molecule has 0 bridgehead atoms. The van der Waals surface area contributed by atoms with Crippen LogP contribution in [0, 0.1) is 13.8 Å². The molecule has 104 valence electrons. The Labute approximate surface area is 123 Å². The van der Waals surface area contributed by atoms with E-state index in [0.717, 1.165) is 16.9 Å². The first-order valence-electron chi connectivity index (χ1n) is 6.88. The van der Waals surface area contributed by atoms with Gasteiger partial charge < -0.3 is 0 Å². The van der Waals surface area contributed by atoms with E-state index in [9.17, 15) is 4.79 Å². The molecule has 0 atom stereocenters. The highest BCUT2D eigenvalue weighted by Crippen LogP contribution is 2.14. The number of imidazole rings is 1. The second kappa shape index (κ2) is 5.37. The summed E-state index contributed by atoms with van der Waals surface area (Å²) in [6, 6.07) is 13.8. The number of aryl methyl sites for hydroxylation is 2. The van der Waals surface area contributed by atoms with Crippen molar-refractivity contribution in [1.82, 2.24) is 9.38 Å². The third kappa shape index (κ3) is 2.63. The maximum absolute atomic E-state index is 12.4. The van der Waals surface area contributed by atoms with E-state index < -0.39 is 0 Å². The van der Waals surface area contributed by atoms with Gasteiger partial charge in [-0.2, -0.15) is 0 Å². The highest BCUT2D eigenvalue weighted by molar-refractivity contribution is 6.06. The highest BCUT2D eigenvalue weighted by Gasteiger charge is 2.13. The molecule has 0 radical (unpaired) electrons. The van der Waals surface area contributed by atoms with E-state index in [1.54, 1.807) is 6.08 Å². The highest BCUT2D eigenvalue weighted by atomic mass is 16.1. The number of rotatable bonds is 3. The van der Waals surface area contributed by atoms with Gasteiger partial charge in [0.25, 0.3) is 0 Å². The fourth-order valence-electron chi connectivity index (χ4n) is 2.34. The van der Waals surface area contributed by atoms with Crippen molar-refractivity contribution >= 4 is 17.5 Å². The summed E-state index contributed by atoms with van der Waals surface area (Å²) in [4.78, 5) is 16.8. The van der Waals surface area contributed by atoms with Gasteiger partial charge in [-0.15, -0.1) is 0 Å². The second-order valence-electron chi connectivity index (χ2n) is 5.08. The third-order valence-corrected chi connectivity index (χ3v) is 3.44. The first kappa shape index (κ1) is 13.3. The Morgan fingerprint density at radius 3 is 2.62 bits per heavy atom. The summed E-state index contributed by atoms with van der Waals surface area (Å²) in [6.07, 6.45) is 5.31. The molecular weight excluding hydrogens is 260 g/mol. The van der Waals surface area contributed by atoms with Gasteiger partial charge in [0.1, 0.15) is 11.3 Å². The molecule has 0 fully saturated rings. The van der Waals surface area contributed by atoms with Crippen LogP contribution in [-0.4, -0.2) is 15.2 Å². The molecule has 0 spiro atoms. The van der Waals surface area contributed by atoms with E-state index in [-0.39, 0.29) is 5.78 Å². The maximum Gasteiger partial charge on any atom is 0.204 e. The molecule has 0 aliphatic heterocycles. The van der Waals surface area contributed by atoms with Crippen molar-refractivity contribution in [3.63, 3.8) is 0 Å². The van der Waals surface area contributed by atoms with Crippen LogP contribution in [-0.2, 0) is 0 Å². The smallest absolute Gasteiger partial charge is 0.204 e. The number of benzene rings is 1. The zero-order valence-corrected chi connectivity index (χ0v) is 12.1. The van der Waals surface area contributed by atoms with Crippen LogP contribution in [0.15, 0.2) is 54.7 Å². The predicted molar refractivity (Wildman–Crippen MR) is 84.5 cm³/mol. The van der Waals surface area contributed by atoms with E-state index in [4.69, 9.17) is 0 Å². The molecule has 0 N–H and O–H groups in total. The number of ketones is 1. The molecule has 3 rings (SSSR count). The molecule has 3 nitrogen and oxygen atoms in total. The molecule has 21 heavy (non-hydrogen) atoms. The number of carbonyl (C=O) groups excluding carboxylic acids is 1. The Hall–Kier alpha value is -2.68. The van der Waals surface area contributed by atoms with Gasteiger partial charge in [0.15, 0.2) is 0 Å². The Morgan fingerprint density at radius 1 is 1.10 bits per heavy atom. The van der Waals surface area contributed by atoms with Crippen LogP contribution in [0.5, 0.6) is 0 Å². The number of allylic oxidation sites excluding steroid dienone is 1. The zero-order valence-electron chi connectivity index (χ0n) is 12.1. The monoisotopic (exact) mass is 276 g/mol. The summed E-state index contributed by atoms with van der Waals surface area (Å²) in [5, 5.41) is 0. The zero-order chi connectivity index (χ0) is 14.8.